The lowest BCUT2D eigenvalue weighted by Gasteiger charge is -2.05. The van der Waals surface area contributed by atoms with Crippen LogP contribution in [-0.4, -0.2) is 18.1 Å². The molecule has 2 rings (SSSR count). The number of aromatic hydroxyl groups is 1. The quantitative estimate of drug-likeness (QED) is 0.646. The minimum Gasteiger partial charge on any atom is -0.506 e. The van der Waals surface area contributed by atoms with Crippen LogP contribution in [0.2, 0.25) is 0 Å². The maximum absolute atomic E-state index is 12.4. The van der Waals surface area contributed by atoms with Crippen molar-refractivity contribution in [1.29, 1.82) is 0 Å². The predicted octanol–water partition coefficient (Wildman–Crippen LogP) is 4.07. The maximum Gasteiger partial charge on any atom is 0.416 e. The Morgan fingerprint density at radius 2 is 1.57 bits per heavy atom. The Bertz CT molecular complexity index is 847. The van der Waals surface area contributed by atoms with Crippen LogP contribution in [0.1, 0.15) is 5.56 Å². The van der Waals surface area contributed by atoms with E-state index in [9.17, 15) is 26.7 Å². The van der Waals surface area contributed by atoms with Crippen molar-refractivity contribution in [1.82, 2.24) is 0 Å². The second-order valence-electron chi connectivity index (χ2n) is 4.37. The molecule has 0 unspecified atom stereocenters. The van der Waals surface area contributed by atoms with Gasteiger partial charge in [-0.2, -0.15) is 26.7 Å². The molecule has 122 valence electrons. The van der Waals surface area contributed by atoms with Crippen molar-refractivity contribution < 1.29 is 31.2 Å². The molecule has 0 saturated carbocycles. The fraction of sp³-hybridized carbons (Fsp3) is 0.0769. The Labute approximate surface area is 128 Å². The molecule has 2 N–H and O–H groups in total. The number of rotatable bonds is 3. The number of halogens is 3. The second-order valence-corrected chi connectivity index (χ2v) is 5.79. The van der Waals surface area contributed by atoms with Gasteiger partial charge in [-0.25, -0.2) is 0 Å². The van der Waals surface area contributed by atoms with E-state index in [1.165, 1.54) is 0 Å². The fourth-order valence-electron chi connectivity index (χ4n) is 1.57. The van der Waals surface area contributed by atoms with Crippen LogP contribution in [0.3, 0.4) is 0 Å². The number of hydrogen-bond acceptors (Lipinski definition) is 5. The number of phenols is 1. The van der Waals surface area contributed by atoms with Gasteiger partial charge in [0.15, 0.2) is 0 Å². The van der Waals surface area contributed by atoms with Gasteiger partial charge in [-0.05, 0) is 42.5 Å². The van der Waals surface area contributed by atoms with E-state index in [0.717, 1.165) is 42.5 Å². The molecule has 0 aromatic heterocycles. The number of azo groups is 1. The van der Waals surface area contributed by atoms with E-state index in [2.05, 4.69) is 10.2 Å². The highest BCUT2D eigenvalue weighted by Crippen LogP contribution is 2.32. The van der Waals surface area contributed by atoms with Crippen LogP contribution in [0.4, 0.5) is 24.5 Å². The zero-order valence-electron chi connectivity index (χ0n) is 11.2. The van der Waals surface area contributed by atoms with Crippen LogP contribution >= 0.6 is 0 Å². The lowest BCUT2D eigenvalue weighted by atomic mass is 10.2. The minimum absolute atomic E-state index is 0.0645. The van der Waals surface area contributed by atoms with Gasteiger partial charge in [0.1, 0.15) is 11.4 Å². The summed E-state index contributed by atoms with van der Waals surface area (Å²) in [6.07, 6.45) is -4.47. The second kappa shape index (κ2) is 5.97. The van der Waals surface area contributed by atoms with Crippen LogP contribution < -0.4 is 0 Å². The topological polar surface area (TPSA) is 99.3 Å². The smallest absolute Gasteiger partial charge is 0.416 e. The molecule has 0 bridgehead atoms. The SMILES string of the molecule is O=S(=O)(O)c1ccc(O)c(N=Nc2ccc(C(F)(F)F)cc2)c1. The van der Waals surface area contributed by atoms with Gasteiger partial charge in [-0.1, -0.05) is 0 Å². The predicted molar refractivity (Wildman–Crippen MR) is 73.5 cm³/mol. The molecule has 0 atom stereocenters. The van der Waals surface area contributed by atoms with Crippen molar-refractivity contribution in [2.24, 2.45) is 10.2 Å². The molecule has 23 heavy (non-hydrogen) atoms. The lowest BCUT2D eigenvalue weighted by Crippen LogP contribution is -2.03. The largest absolute Gasteiger partial charge is 0.506 e. The Morgan fingerprint density at radius 1 is 0.957 bits per heavy atom. The van der Waals surface area contributed by atoms with Crippen molar-refractivity contribution in [3.8, 4) is 5.75 Å². The highest BCUT2D eigenvalue weighted by Gasteiger charge is 2.29. The number of nitrogens with zero attached hydrogens (tertiary/aromatic N) is 2. The van der Waals surface area contributed by atoms with Crippen molar-refractivity contribution in [2.45, 2.75) is 11.1 Å². The monoisotopic (exact) mass is 346 g/mol. The summed E-state index contributed by atoms with van der Waals surface area (Å²) in [6, 6.07) is 6.57. The van der Waals surface area contributed by atoms with Gasteiger partial charge in [0, 0.05) is 0 Å². The van der Waals surface area contributed by atoms with E-state index >= 15 is 0 Å². The summed E-state index contributed by atoms with van der Waals surface area (Å²) in [6.45, 7) is 0. The van der Waals surface area contributed by atoms with E-state index < -0.39 is 32.5 Å². The first kappa shape index (κ1) is 16.9. The summed E-state index contributed by atoms with van der Waals surface area (Å²) in [5, 5.41) is 16.7. The molecule has 6 nitrogen and oxygen atoms in total. The van der Waals surface area contributed by atoms with Crippen LogP contribution in [0, 0.1) is 0 Å². The third-order valence-electron chi connectivity index (χ3n) is 2.71. The summed E-state index contributed by atoms with van der Waals surface area (Å²) in [7, 11) is -4.48. The number of benzene rings is 2. The van der Waals surface area contributed by atoms with Crippen LogP contribution in [0.25, 0.3) is 0 Å². The number of hydrogen-bond donors (Lipinski definition) is 2. The molecule has 0 spiro atoms. The molecule has 0 heterocycles. The summed E-state index contributed by atoms with van der Waals surface area (Å²) in [4.78, 5) is -0.503. The third kappa shape index (κ3) is 4.27. The first-order valence-electron chi connectivity index (χ1n) is 5.97. The molecule has 0 aliphatic heterocycles. The van der Waals surface area contributed by atoms with Crippen molar-refractivity contribution in [2.75, 3.05) is 0 Å². The highest BCUT2D eigenvalue weighted by atomic mass is 32.2. The standard InChI is InChI=1S/C13H9F3N2O4S/c14-13(15,16)8-1-3-9(4-2-8)17-18-11-7-10(23(20,21)22)5-6-12(11)19/h1-7,19H,(H,20,21,22). The molecule has 0 aliphatic carbocycles. The van der Waals surface area contributed by atoms with E-state index in [4.69, 9.17) is 4.55 Å². The van der Waals surface area contributed by atoms with Gasteiger partial charge in [0.25, 0.3) is 10.1 Å². The molecular weight excluding hydrogens is 337 g/mol. The maximum atomic E-state index is 12.4. The number of phenolic OH excluding ortho intramolecular Hbond substituents is 1. The Kier molecular flexibility index (Phi) is 4.39. The molecular formula is C13H9F3N2O4S. The van der Waals surface area contributed by atoms with Crippen molar-refractivity contribution >= 4 is 21.5 Å². The molecule has 0 amide bonds. The van der Waals surface area contributed by atoms with Gasteiger partial charge in [0.05, 0.1) is 16.1 Å². The van der Waals surface area contributed by atoms with E-state index in [-0.39, 0.29) is 11.4 Å². The zero-order valence-corrected chi connectivity index (χ0v) is 12.0. The average molecular weight is 346 g/mol. The van der Waals surface area contributed by atoms with Crippen LogP contribution in [0.15, 0.2) is 57.6 Å². The molecule has 0 saturated heterocycles. The summed E-state index contributed by atoms with van der Waals surface area (Å²) in [5.74, 6) is -0.409. The average Bonchev–Trinajstić information content (AvgIpc) is 2.44. The summed E-state index contributed by atoms with van der Waals surface area (Å²) in [5.41, 5.74) is -1.05. The molecule has 0 radical (unpaired) electrons. The van der Waals surface area contributed by atoms with E-state index in [1.54, 1.807) is 0 Å². The summed E-state index contributed by atoms with van der Waals surface area (Å²) < 4.78 is 68.1. The van der Waals surface area contributed by atoms with Crippen LogP contribution in [0.5, 0.6) is 5.75 Å². The highest BCUT2D eigenvalue weighted by molar-refractivity contribution is 7.85. The van der Waals surface area contributed by atoms with Crippen LogP contribution in [-0.2, 0) is 16.3 Å². The van der Waals surface area contributed by atoms with E-state index in [0.29, 0.717) is 0 Å². The zero-order chi connectivity index (χ0) is 17.3. The van der Waals surface area contributed by atoms with Gasteiger partial charge < -0.3 is 5.11 Å². The number of alkyl halides is 3. The van der Waals surface area contributed by atoms with Crippen molar-refractivity contribution in [3.63, 3.8) is 0 Å². The Balaban J connectivity index is 2.30. The Morgan fingerprint density at radius 3 is 2.09 bits per heavy atom. The third-order valence-corrected chi connectivity index (χ3v) is 3.56. The molecule has 0 fully saturated rings. The molecule has 10 heteroatoms. The molecule has 2 aromatic carbocycles. The Hall–Kier alpha value is -2.46. The van der Waals surface area contributed by atoms with E-state index in [1.807, 2.05) is 0 Å². The van der Waals surface area contributed by atoms with Gasteiger partial charge in [-0.15, -0.1) is 5.11 Å². The molecule has 2 aromatic rings. The minimum atomic E-state index is -4.48. The summed E-state index contributed by atoms with van der Waals surface area (Å²) >= 11 is 0. The van der Waals surface area contributed by atoms with Gasteiger partial charge in [-0.3, -0.25) is 4.55 Å². The first-order chi connectivity index (χ1) is 10.6. The fourth-order valence-corrected chi connectivity index (χ4v) is 2.07. The van der Waals surface area contributed by atoms with Crippen molar-refractivity contribution in [3.05, 3.63) is 48.0 Å². The van der Waals surface area contributed by atoms with Gasteiger partial charge in [0.2, 0.25) is 0 Å². The first-order valence-corrected chi connectivity index (χ1v) is 7.41. The molecule has 0 aliphatic rings. The van der Waals surface area contributed by atoms with Gasteiger partial charge >= 0.3 is 6.18 Å². The normalized spacial score (nSPS) is 12.7. The lowest BCUT2D eigenvalue weighted by molar-refractivity contribution is -0.137.